The van der Waals surface area contributed by atoms with Crippen LogP contribution in [0.25, 0.3) is 0 Å². The van der Waals surface area contributed by atoms with Crippen LogP contribution in [0.5, 0.6) is 0 Å². The van der Waals surface area contributed by atoms with Gasteiger partial charge in [0, 0.05) is 19.5 Å². The van der Waals surface area contributed by atoms with E-state index in [1.165, 1.54) is 0 Å². The topological polar surface area (TPSA) is 57.5 Å². The fourth-order valence-electron chi connectivity index (χ4n) is 0.383. The molecule has 64 valence electrons. The molecule has 0 saturated carbocycles. The van der Waals surface area contributed by atoms with Crippen molar-refractivity contribution in [3.05, 3.63) is 0 Å². The Kier molecular flexibility index (Phi) is 12.7. The molecule has 0 fully saturated rings. The van der Waals surface area contributed by atoms with E-state index in [4.69, 9.17) is 10.2 Å². The number of rotatable bonds is 3. The Hall–Kier alpha value is 1.13. The summed E-state index contributed by atoms with van der Waals surface area (Å²) in [6.45, 7) is 1.63. The van der Waals surface area contributed by atoms with Crippen LogP contribution in [0.3, 0.4) is 0 Å². The Morgan fingerprint density at radius 3 is 2.00 bits per heavy atom. The molecule has 1 unspecified atom stereocenters. The third-order valence-electron chi connectivity index (χ3n) is 1.15. The third-order valence-corrected chi connectivity index (χ3v) is 2.29. The van der Waals surface area contributed by atoms with E-state index in [0.717, 1.165) is 11.8 Å². The van der Waals surface area contributed by atoms with Gasteiger partial charge in [0.25, 0.3) is 0 Å². The SMILES string of the molecule is CCC(O)(SC)C(=O)O.I.[Zn]. The van der Waals surface area contributed by atoms with Crippen molar-refractivity contribution >= 4 is 41.7 Å². The largest absolute Gasteiger partial charge is 0.478 e. The van der Waals surface area contributed by atoms with Crippen molar-refractivity contribution in [2.75, 3.05) is 6.26 Å². The predicted molar refractivity (Wildman–Crippen MR) is 51.8 cm³/mol. The van der Waals surface area contributed by atoms with Gasteiger partial charge in [0.2, 0.25) is 4.93 Å². The number of hydrogen-bond donors (Lipinski definition) is 2. The average molecular weight is 344 g/mol. The van der Waals surface area contributed by atoms with Gasteiger partial charge in [-0.05, 0) is 12.7 Å². The summed E-state index contributed by atoms with van der Waals surface area (Å²) in [7, 11) is 0. The molecule has 11 heavy (non-hydrogen) atoms. The number of aliphatic carboxylic acids is 1. The Morgan fingerprint density at radius 2 is 2.00 bits per heavy atom. The van der Waals surface area contributed by atoms with E-state index in [-0.39, 0.29) is 49.9 Å². The quantitative estimate of drug-likeness (QED) is 0.458. The first-order valence-corrected chi connectivity index (χ1v) is 3.80. The summed E-state index contributed by atoms with van der Waals surface area (Å²) in [5.74, 6) is -1.17. The van der Waals surface area contributed by atoms with Gasteiger partial charge in [-0.25, -0.2) is 4.79 Å². The van der Waals surface area contributed by atoms with E-state index in [1.54, 1.807) is 13.2 Å². The maximum atomic E-state index is 10.2. The van der Waals surface area contributed by atoms with E-state index in [0.29, 0.717) is 0 Å². The van der Waals surface area contributed by atoms with Crippen molar-refractivity contribution in [1.29, 1.82) is 0 Å². The first-order chi connectivity index (χ1) is 4.06. The molecule has 0 aliphatic carbocycles. The van der Waals surface area contributed by atoms with Crippen LogP contribution in [-0.4, -0.2) is 27.4 Å². The van der Waals surface area contributed by atoms with Crippen molar-refractivity contribution in [2.45, 2.75) is 18.3 Å². The van der Waals surface area contributed by atoms with E-state index < -0.39 is 10.9 Å². The summed E-state index contributed by atoms with van der Waals surface area (Å²) in [5.41, 5.74) is 0. The molecule has 0 aliphatic rings. The summed E-state index contributed by atoms with van der Waals surface area (Å²) in [5, 5.41) is 17.4. The zero-order chi connectivity index (χ0) is 7.49. The van der Waals surface area contributed by atoms with E-state index in [2.05, 4.69) is 0 Å². The summed E-state index contributed by atoms with van der Waals surface area (Å²) in [4.78, 5) is 8.63. The van der Waals surface area contributed by atoms with E-state index in [9.17, 15) is 4.79 Å². The molecule has 0 aliphatic heterocycles. The number of carboxylic acid groups (broad SMARTS) is 1. The smallest absolute Gasteiger partial charge is 0.346 e. The fourth-order valence-corrected chi connectivity index (χ4v) is 0.846. The zero-order valence-corrected chi connectivity index (χ0v) is 12.6. The predicted octanol–water partition coefficient (Wildman–Crippen LogP) is 1.15. The van der Waals surface area contributed by atoms with Crippen molar-refractivity contribution in [3.8, 4) is 0 Å². The van der Waals surface area contributed by atoms with Gasteiger partial charge in [-0.1, -0.05) is 6.92 Å². The average Bonchev–Trinajstić information content (AvgIpc) is 1.86. The van der Waals surface area contributed by atoms with Crippen LogP contribution in [0.1, 0.15) is 13.3 Å². The second kappa shape index (κ2) is 7.77. The van der Waals surface area contributed by atoms with Crippen LogP contribution in [0.2, 0.25) is 0 Å². The normalized spacial score (nSPS) is 13.7. The number of carboxylic acids is 1. The first-order valence-electron chi connectivity index (χ1n) is 2.57. The van der Waals surface area contributed by atoms with Gasteiger partial charge in [-0.15, -0.1) is 35.7 Å². The van der Waals surface area contributed by atoms with E-state index in [1.807, 2.05) is 0 Å². The minimum atomic E-state index is -1.58. The summed E-state index contributed by atoms with van der Waals surface area (Å²) in [6, 6.07) is 0. The molecule has 0 bridgehead atoms. The molecule has 0 saturated heterocycles. The van der Waals surface area contributed by atoms with Gasteiger partial charge < -0.3 is 10.2 Å². The summed E-state index contributed by atoms with van der Waals surface area (Å²) >= 11 is 0.936. The molecule has 2 N–H and O–H groups in total. The van der Waals surface area contributed by atoms with Crippen molar-refractivity contribution in [3.63, 3.8) is 0 Å². The molecule has 1 atom stereocenters. The Bertz CT molecular complexity index is 118. The van der Waals surface area contributed by atoms with Gasteiger partial charge in [0.05, 0.1) is 0 Å². The molecule has 0 amide bonds. The molecule has 0 heterocycles. The van der Waals surface area contributed by atoms with Crippen molar-refractivity contribution in [2.24, 2.45) is 0 Å². The first kappa shape index (κ1) is 18.0. The monoisotopic (exact) mass is 342 g/mol. The van der Waals surface area contributed by atoms with Gasteiger partial charge in [-0.3, -0.25) is 0 Å². The maximum Gasteiger partial charge on any atom is 0.346 e. The Labute approximate surface area is 100 Å². The number of aliphatic hydroxyl groups is 1. The molecule has 0 aromatic heterocycles. The molecule has 0 spiro atoms. The van der Waals surface area contributed by atoms with Gasteiger partial charge in [0.1, 0.15) is 0 Å². The molecular formula is C5H11IO3SZn. The summed E-state index contributed by atoms with van der Waals surface area (Å²) in [6.07, 6.45) is 1.79. The van der Waals surface area contributed by atoms with Crippen molar-refractivity contribution < 1.29 is 34.5 Å². The molecular weight excluding hydrogens is 332 g/mol. The third kappa shape index (κ3) is 5.38. The fraction of sp³-hybridized carbons (Fsp3) is 0.800. The molecule has 3 nitrogen and oxygen atoms in total. The summed E-state index contributed by atoms with van der Waals surface area (Å²) < 4.78 is 0. The second-order valence-corrected chi connectivity index (χ2v) is 2.73. The van der Waals surface area contributed by atoms with Crippen LogP contribution in [0.4, 0.5) is 0 Å². The van der Waals surface area contributed by atoms with Crippen molar-refractivity contribution in [1.82, 2.24) is 0 Å². The molecule has 6 heteroatoms. The van der Waals surface area contributed by atoms with Gasteiger partial charge in [-0.2, -0.15) is 0 Å². The number of halogens is 1. The maximum absolute atomic E-state index is 10.2. The minimum absolute atomic E-state index is 0. The Morgan fingerprint density at radius 1 is 1.64 bits per heavy atom. The second-order valence-electron chi connectivity index (χ2n) is 1.65. The number of hydrogen-bond acceptors (Lipinski definition) is 3. The number of carbonyl (C=O) groups is 1. The minimum Gasteiger partial charge on any atom is -0.478 e. The molecule has 0 rings (SSSR count). The molecule has 0 radical (unpaired) electrons. The standard InChI is InChI=1S/C5H10O3S.HI.Zn/c1-3-5(8,9-2)4(6)7;;/h8H,3H2,1-2H3,(H,6,7);1H;. The van der Waals surface area contributed by atoms with Crippen LogP contribution >= 0.6 is 35.7 Å². The molecule has 0 aromatic rings. The van der Waals surface area contributed by atoms with Gasteiger partial charge in [0.15, 0.2) is 0 Å². The van der Waals surface area contributed by atoms with E-state index >= 15 is 0 Å². The van der Waals surface area contributed by atoms with Crippen LogP contribution < -0.4 is 0 Å². The zero-order valence-electron chi connectivity index (χ0n) is 6.53. The number of thioether (sulfide) groups is 1. The van der Waals surface area contributed by atoms with Crippen LogP contribution in [-0.2, 0) is 24.3 Å². The van der Waals surface area contributed by atoms with Gasteiger partial charge >= 0.3 is 5.97 Å². The molecule has 0 aromatic carbocycles. The van der Waals surface area contributed by atoms with Crippen LogP contribution in [0, 0.1) is 0 Å². The Balaban J connectivity index is -0.000000320. The van der Waals surface area contributed by atoms with Crippen LogP contribution in [0.15, 0.2) is 0 Å².